The first-order valence-corrected chi connectivity index (χ1v) is 5.35. The van der Waals surface area contributed by atoms with Crippen molar-refractivity contribution in [1.29, 1.82) is 0 Å². The number of hydrogen-bond donors (Lipinski definition) is 1. The Kier molecular flexibility index (Phi) is 5.10. The second-order valence-electron chi connectivity index (χ2n) is 3.42. The average Bonchev–Trinajstić information content (AvgIpc) is 2.14. The van der Waals surface area contributed by atoms with E-state index >= 15 is 0 Å². The summed E-state index contributed by atoms with van der Waals surface area (Å²) in [4.78, 5) is 0. The Morgan fingerprint density at radius 2 is 2.31 bits per heavy atom. The molecule has 2 nitrogen and oxygen atoms in total. The van der Waals surface area contributed by atoms with Gasteiger partial charge in [-0.15, -0.1) is 0 Å². The molecule has 0 aromatic heterocycles. The molecule has 0 saturated heterocycles. The molecule has 1 fully saturated rings. The van der Waals surface area contributed by atoms with Gasteiger partial charge in [-0.25, -0.2) is 0 Å². The number of halogens is 2. The van der Waals surface area contributed by atoms with Crippen LogP contribution in [0.5, 0.6) is 0 Å². The van der Waals surface area contributed by atoms with Crippen molar-refractivity contribution in [1.82, 2.24) is 0 Å². The summed E-state index contributed by atoms with van der Waals surface area (Å²) in [6, 6.07) is 0.289. The van der Waals surface area contributed by atoms with Crippen LogP contribution in [0.25, 0.3) is 0 Å². The van der Waals surface area contributed by atoms with E-state index < -0.39 is 0 Å². The van der Waals surface area contributed by atoms with Gasteiger partial charge in [-0.1, -0.05) is 23.2 Å². The summed E-state index contributed by atoms with van der Waals surface area (Å²) in [6.45, 7) is 0.405. The lowest BCUT2D eigenvalue weighted by Gasteiger charge is -2.26. The minimum atomic E-state index is 0.258. The third kappa shape index (κ3) is 4.32. The number of rotatable bonds is 3. The minimum Gasteiger partial charge on any atom is -0.373 e. The molecule has 2 N–H and O–H groups in total. The molecule has 1 aliphatic carbocycles. The Morgan fingerprint density at radius 1 is 1.54 bits per heavy atom. The molecule has 76 valence electrons. The molecule has 0 radical (unpaired) electrons. The maximum atomic E-state index is 5.81. The van der Waals surface area contributed by atoms with Gasteiger partial charge in [0, 0.05) is 11.6 Å². The third-order valence-corrected chi connectivity index (χ3v) is 2.84. The molecule has 0 bridgehead atoms. The Hall–Kier alpha value is 0.240. The largest absolute Gasteiger partial charge is 0.373 e. The van der Waals surface area contributed by atoms with E-state index in [9.17, 15) is 0 Å². The molecule has 0 aromatic carbocycles. The average molecular weight is 224 g/mol. The van der Waals surface area contributed by atoms with Crippen LogP contribution in [0.4, 0.5) is 0 Å². The first-order valence-electron chi connectivity index (χ1n) is 4.54. The van der Waals surface area contributed by atoms with Crippen molar-refractivity contribution < 1.29 is 4.74 Å². The van der Waals surface area contributed by atoms with E-state index in [-0.39, 0.29) is 12.1 Å². The van der Waals surface area contributed by atoms with Crippen LogP contribution in [-0.2, 0) is 4.74 Å². The van der Waals surface area contributed by atoms with Crippen LogP contribution in [0.2, 0.25) is 0 Å². The summed E-state index contributed by atoms with van der Waals surface area (Å²) in [7, 11) is 0. The summed E-state index contributed by atoms with van der Waals surface area (Å²) in [6.07, 6.45) is 4.54. The Bertz CT molecular complexity index is 184. The highest BCUT2D eigenvalue weighted by atomic mass is 35.5. The van der Waals surface area contributed by atoms with Crippen LogP contribution in [-0.4, -0.2) is 18.8 Å². The Labute approximate surface area is 89.0 Å². The molecule has 2 atom stereocenters. The van der Waals surface area contributed by atoms with Crippen molar-refractivity contribution in [2.75, 3.05) is 6.61 Å². The van der Waals surface area contributed by atoms with Crippen molar-refractivity contribution in [3.63, 3.8) is 0 Å². The topological polar surface area (TPSA) is 35.2 Å². The van der Waals surface area contributed by atoms with E-state index in [0.29, 0.717) is 11.6 Å². The molecule has 0 amide bonds. The predicted molar refractivity (Wildman–Crippen MR) is 56.0 cm³/mol. The molecule has 2 unspecified atom stereocenters. The zero-order valence-corrected chi connectivity index (χ0v) is 9.02. The first kappa shape index (κ1) is 11.3. The van der Waals surface area contributed by atoms with Gasteiger partial charge in [0.15, 0.2) is 0 Å². The van der Waals surface area contributed by atoms with Crippen LogP contribution in [0.1, 0.15) is 25.7 Å². The molecule has 0 heterocycles. The number of nitrogens with two attached hydrogens (primary N) is 1. The molecule has 13 heavy (non-hydrogen) atoms. The molecule has 0 aliphatic heterocycles. The van der Waals surface area contributed by atoms with E-state index in [4.69, 9.17) is 33.7 Å². The van der Waals surface area contributed by atoms with Gasteiger partial charge in [-0.05, 0) is 25.7 Å². The van der Waals surface area contributed by atoms with Crippen molar-refractivity contribution in [2.45, 2.75) is 37.8 Å². The number of ether oxygens (including phenoxy) is 1. The van der Waals surface area contributed by atoms with Crippen LogP contribution in [0.3, 0.4) is 0 Å². The molecular weight excluding hydrogens is 209 g/mol. The smallest absolute Gasteiger partial charge is 0.0835 e. The van der Waals surface area contributed by atoms with Gasteiger partial charge in [0.05, 0.1) is 17.7 Å². The summed E-state index contributed by atoms with van der Waals surface area (Å²) >= 11 is 11.1. The van der Waals surface area contributed by atoms with Gasteiger partial charge in [-0.2, -0.15) is 0 Å². The number of hydrogen-bond acceptors (Lipinski definition) is 2. The SMILES string of the molecule is NC1CCCC(OCC(Cl)=CCl)C1. The fourth-order valence-electron chi connectivity index (χ4n) is 1.56. The minimum absolute atomic E-state index is 0.258. The molecular formula is C9H15Cl2NO. The maximum absolute atomic E-state index is 5.81. The van der Waals surface area contributed by atoms with E-state index in [0.717, 1.165) is 25.7 Å². The van der Waals surface area contributed by atoms with Gasteiger partial charge in [-0.3, -0.25) is 0 Å². The summed E-state index contributed by atoms with van der Waals surface area (Å²) in [5, 5.41) is 0.542. The second-order valence-corrected chi connectivity index (χ2v) is 4.12. The molecule has 0 spiro atoms. The quantitative estimate of drug-likeness (QED) is 0.799. The highest BCUT2D eigenvalue weighted by Crippen LogP contribution is 2.20. The van der Waals surface area contributed by atoms with Crippen molar-refractivity contribution in [3.05, 3.63) is 10.6 Å². The maximum Gasteiger partial charge on any atom is 0.0835 e. The summed E-state index contributed by atoms with van der Waals surface area (Å²) < 4.78 is 5.54. The van der Waals surface area contributed by atoms with Crippen molar-refractivity contribution >= 4 is 23.2 Å². The van der Waals surface area contributed by atoms with Crippen LogP contribution >= 0.6 is 23.2 Å². The Morgan fingerprint density at radius 3 is 2.92 bits per heavy atom. The fourth-order valence-corrected chi connectivity index (χ4v) is 1.69. The normalized spacial score (nSPS) is 30.5. The van der Waals surface area contributed by atoms with Crippen molar-refractivity contribution in [2.24, 2.45) is 5.73 Å². The lowest BCUT2D eigenvalue weighted by molar-refractivity contribution is 0.0396. The van der Waals surface area contributed by atoms with Gasteiger partial charge >= 0.3 is 0 Å². The van der Waals surface area contributed by atoms with Crippen molar-refractivity contribution in [3.8, 4) is 0 Å². The zero-order valence-electron chi connectivity index (χ0n) is 7.51. The van der Waals surface area contributed by atoms with E-state index in [1.807, 2.05) is 0 Å². The third-order valence-electron chi connectivity index (χ3n) is 2.24. The highest BCUT2D eigenvalue weighted by Gasteiger charge is 2.19. The van der Waals surface area contributed by atoms with E-state index in [1.54, 1.807) is 0 Å². The van der Waals surface area contributed by atoms with Gasteiger partial charge < -0.3 is 10.5 Å². The van der Waals surface area contributed by atoms with Gasteiger partial charge in [0.1, 0.15) is 0 Å². The molecule has 1 rings (SSSR count). The van der Waals surface area contributed by atoms with Crippen LogP contribution < -0.4 is 5.73 Å². The lowest BCUT2D eigenvalue weighted by atomic mass is 9.94. The molecule has 1 saturated carbocycles. The zero-order chi connectivity index (χ0) is 9.68. The van der Waals surface area contributed by atoms with Gasteiger partial charge in [0.25, 0.3) is 0 Å². The standard InChI is InChI=1S/C9H15Cl2NO/c10-5-7(11)6-13-9-3-1-2-8(12)4-9/h5,8-9H,1-4,6,12H2. The van der Waals surface area contributed by atoms with Crippen LogP contribution in [0, 0.1) is 0 Å². The Balaban J connectivity index is 2.20. The first-order chi connectivity index (χ1) is 6.22. The summed E-state index contributed by atoms with van der Waals surface area (Å²) in [5.41, 5.74) is 7.15. The fraction of sp³-hybridized carbons (Fsp3) is 0.778. The molecule has 4 heteroatoms. The monoisotopic (exact) mass is 223 g/mol. The van der Waals surface area contributed by atoms with Gasteiger partial charge in [0.2, 0.25) is 0 Å². The predicted octanol–water partition coefficient (Wildman–Crippen LogP) is 2.59. The summed E-state index contributed by atoms with van der Waals surface area (Å²) in [5.74, 6) is 0. The van der Waals surface area contributed by atoms with Crippen LogP contribution in [0.15, 0.2) is 10.6 Å². The lowest BCUT2D eigenvalue weighted by Crippen LogP contribution is -2.32. The molecule has 0 aromatic rings. The highest BCUT2D eigenvalue weighted by molar-refractivity contribution is 6.36. The van der Waals surface area contributed by atoms with E-state index in [1.165, 1.54) is 5.54 Å². The second kappa shape index (κ2) is 5.86. The molecule has 1 aliphatic rings. The van der Waals surface area contributed by atoms with E-state index in [2.05, 4.69) is 0 Å².